The molecular weight excluding hydrogens is 268 g/mol. The van der Waals surface area contributed by atoms with E-state index in [1.165, 1.54) is 38.5 Å². The summed E-state index contributed by atoms with van der Waals surface area (Å²) in [6.45, 7) is 6.61. The highest BCUT2D eigenvalue weighted by atomic mass is 32.2. The van der Waals surface area contributed by atoms with E-state index in [0.717, 1.165) is 12.8 Å². The highest BCUT2D eigenvalue weighted by Gasteiger charge is 2.13. The smallest absolute Gasteiger partial charge is 0.342 e. The van der Waals surface area contributed by atoms with Crippen molar-refractivity contribution in [1.82, 2.24) is 0 Å². The van der Waals surface area contributed by atoms with Crippen molar-refractivity contribution in [3.8, 4) is 0 Å². The molecule has 0 amide bonds. The predicted octanol–water partition coefficient (Wildman–Crippen LogP) is 5.23. The van der Waals surface area contributed by atoms with Crippen LogP contribution in [0.1, 0.15) is 58.3 Å². The number of allylic oxidation sites excluding steroid dienone is 2. The normalized spacial score (nSPS) is 14.8. The monoisotopic (exact) mass is 296 g/mol. The van der Waals surface area contributed by atoms with Crippen molar-refractivity contribution in [1.29, 1.82) is 0 Å². The van der Waals surface area contributed by atoms with Crippen LogP contribution in [0.2, 0.25) is 0 Å². The van der Waals surface area contributed by atoms with Crippen molar-refractivity contribution in [3.05, 3.63) is 34.5 Å². The summed E-state index contributed by atoms with van der Waals surface area (Å²) >= 11 is 0. The Kier molecular flexibility index (Phi) is 9.22. The number of carbonyl (C=O) groups excluding carboxylic acids is 1. The fraction of sp³-hybridized carbons (Fsp3) is 0.588. The number of hydrogen-bond donors (Lipinski definition) is 1. The third kappa shape index (κ3) is 6.99. The average molecular weight is 296 g/mol. The topological polar surface area (TPSA) is 26.3 Å². The lowest BCUT2D eigenvalue weighted by molar-refractivity contribution is -0.138. The molecule has 1 aliphatic rings. The van der Waals surface area contributed by atoms with E-state index in [1.54, 1.807) is 0 Å². The van der Waals surface area contributed by atoms with Crippen LogP contribution < -0.4 is 0 Å². The summed E-state index contributed by atoms with van der Waals surface area (Å²) in [5, 5.41) is 4.05. The van der Waals surface area contributed by atoms with Gasteiger partial charge in [-0.05, 0) is 17.2 Å². The Morgan fingerprint density at radius 3 is 2.15 bits per heavy atom. The summed E-state index contributed by atoms with van der Waals surface area (Å²) in [6.07, 6.45) is 14.0. The number of thiol groups is 1. The van der Waals surface area contributed by atoms with Gasteiger partial charge in [0.2, 0.25) is 0 Å². The van der Waals surface area contributed by atoms with Crippen LogP contribution in [0.25, 0.3) is 0 Å². The Labute approximate surface area is 126 Å². The van der Waals surface area contributed by atoms with Gasteiger partial charge in [0.1, 0.15) is 0 Å². The van der Waals surface area contributed by atoms with E-state index in [1.807, 2.05) is 23.0 Å². The number of hydrogen-bond acceptors (Lipinski definition) is 2. The molecule has 0 aromatic heterocycles. The summed E-state index contributed by atoms with van der Waals surface area (Å²) < 4.78 is 5.27. The van der Waals surface area contributed by atoms with Crippen LogP contribution in [-0.4, -0.2) is 12.6 Å². The third-order valence-corrected chi connectivity index (χ3v) is 5.18. The van der Waals surface area contributed by atoms with Crippen LogP contribution in [0.3, 0.4) is 0 Å². The predicted molar refractivity (Wildman–Crippen MR) is 90.0 cm³/mol. The van der Waals surface area contributed by atoms with E-state index in [0.29, 0.717) is 11.5 Å². The minimum Gasteiger partial charge on any atom is -0.462 e. The third-order valence-electron chi connectivity index (χ3n) is 3.38. The van der Waals surface area contributed by atoms with Gasteiger partial charge in [0.15, 0.2) is 0 Å². The Bertz CT molecular complexity index is 346. The molecule has 0 unspecified atom stereocenters. The molecule has 0 spiro atoms. The largest absolute Gasteiger partial charge is 0.462 e. The van der Waals surface area contributed by atoms with Crippen molar-refractivity contribution in [3.63, 3.8) is 0 Å². The Hall–Kier alpha value is -0.960. The van der Waals surface area contributed by atoms with E-state index >= 15 is 0 Å². The second-order valence-electron chi connectivity index (χ2n) is 5.15. The lowest BCUT2D eigenvalue weighted by Crippen LogP contribution is -2.07. The minimum atomic E-state index is -0.612. The van der Waals surface area contributed by atoms with E-state index in [2.05, 4.69) is 13.5 Å². The minimum absolute atomic E-state index is 0.227. The van der Waals surface area contributed by atoms with E-state index < -0.39 is 10.9 Å². The number of rotatable bonds is 11. The molecule has 20 heavy (non-hydrogen) atoms. The van der Waals surface area contributed by atoms with Gasteiger partial charge in [0, 0.05) is 0 Å². The van der Waals surface area contributed by atoms with E-state index in [-0.39, 0.29) is 5.97 Å². The van der Waals surface area contributed by atoms with Crippen LogP contribution >= 0.6 is 10.9 Å². The highest BCUT2D eigenvalue weighted by Crippen LogP contribution is 2.40. The number of unbranched alkanes of at least 4 members (excludes halogenated alkanes) is 7. The molecule has 0 fully saturated rings. The van der Waals surface area contributed by atoms with E-state index in [9.17, 15) is 4.79 Å². The molecule has 0 aliphatic carbocycles. The van der Waals surface area contributed by atoms with Crippen molar-refractivity contribution in [2.24, 2.45) is 0 Å². The van der Waals surface area contributed by atoms with Gasteiger partial charge in [-0.15, -0.1) is 0 Å². The maximum absolute atomic E-state index is 11.8. The standard InChI is InChI=1S/C17H28O2S/c1-3-4-5-6-7-8-9-10-13-19-17(18)16(2)20-14-11-12-15-20/h11-12,14-15,20H,2-10,13H2,1H3. The number of ether oxygens (including phenoxy) is 1. The van der Waals surface area contributed by atoms with Crippen LogP contribution in [0.15, 0.2) is 34.5 Å². The summed E-state index contributed by atoms with van der Waals surface area (Å²) in [4.78, 5) is 12.4. The molecule has 0 bridgehead atoms. The molecule has 1 aliphatic heterocycles. The molecular formula is C17H28O2S. The second-order valence-corrected chi connectivity index (χ2v) is 7.10. The Morgan fingerprint density at radius 2 is 1.55 bits per heavy atom. The van der Waals surface area contributed by atoms with Crippen LogP contribution in [-0.2, 0) is 9.53 Å². The first-order chi connectivity index (χ1) is 9.75. The highest BCUT2D eigenvalue weighted by molar-refractivity contribution is 8.26. The molecule has 0 saturated heterocycles. The van der Waals surface area contributed by atoms with Crippen molar-refractivity contribution >= 4 is 16.9 Å². The second kappa shape index (κ2) is 10.8. The molecule has 0 aromatic carbocycles. The van der Waals surface area contributed by atoms with Gasteiger partial charge in [-0.1, -0.05) is 70.6 Å². The first-order valence-electron chi connectivity index (χ1n) is 7.75. The summed E-state index contributed by atoms with van der Waals surface area (Å²) in [6, 6.07) is 0. The van der Waals surface area contributed by atoms with Crippen LogP contribution in [0.5, 0.6) is 0 Å². The van der Waals surface area contributed by atoms with Crippen LogP contribution in [0.4, 0.5) is 0 Å². The zero-order chi connectivity index (χ0) is 14.6. The molecule has 0 N–H and O–H groups in total. The maximum Gasteiger partial charge on any atom is 0.342 e. The summed E-state index contributed by atoms with van der Waals surface area (Å²) in [5.74, 6) is -0.227. The lowest BCUT2D eigenvalue weighted by Gasteiger charge is -2.12. The summed E-state index contributed by atoms with van der Waals surface area (Å²) in [7, 11) is -0.612. The van der Waals surface area contributed by atoms with Gasteiger partial charge < -0.3 is 4.74 Å². The molecule has 3 heteroatoms. The van der Waals surface area contributed by atoms with Gasteiger partial charge in [0.25, 0.3) is 0 Å². The van der Waals surface area contributed by atoms with Gasteiger partial charge in [0.05, 0.1) is 11.5 Å². The van der Waals surface area contributed by atoms with Gasteiger partial charge in [-0.3, -0.25) is 0 Å². The first-order valence-corrected chi connectivity index (χ1v) is 9.23. The van der Waals surface area contributed by atoms with Crippen molar-refractivity contribution in [2.75, 3.05) is 6.61 Å². The van der Waals surface area contributed by atoms with Crippen molar-refractivity contribution < 1.29 is 9.53 Å². The molecule has 0 saturated carbocycles. The fourth-order valence-electron chi connectivity index (χ4n) is 2.10. The SMILES string of the molecule is C=C(C(=O)OCCCCCCCCCC)[SH]1C=CC=C1. The Morgan fingerprint density at radius 1 is 1.00 bits per heavy atom. The van der Waals surface area contributed by atoms with Gasteiger partial charge in [-0.2, -0.15) is 10.9 Å². The molecule has 2 nitrogen and oxygen atoms in total. The zero-order valence-electron chi connectivity index (χ0n) is 12.6. The van der Waals surface area contributed by atoms with Gasteiger partial charge in [-0.25, -0.2) is 4.79 Å². The fourth-order valence-corrected chi connectivity index (χ4v) is 3.41. The molecule has 1 heterocycles. The molecule has 0 aromatic rings. The van der Waals surface area contributed by atoms with Crippen LogP contribution in [0, 0.1) is 0 Å². The zero-order valence-corrected chi connectivity index (χ0v) is 13.5. The first kappa shape index (κ1) is 17.1. The molecule has 0 atom stereocenters. The number of carbonyl (C=O) groups is 1. The maximum atomic E-state index is 11.8. The van der Waals surface area contributed by atoms with Gasteiger partial charge >= 0.3 is 5.97 Å². The lowest BCUT2D eigenvalue weighted by atomic mass is 10.1. The number of esters is 1. The Balaban J connectivity index is 1.95. The quantitative estimate of drug-likeness (QED) is 0.245. The van der Waals surface area contributed by atoms with E-state index in [4.69, 9.17) is 4.74 Å². The summed E-state index contributed by atoms with van der Waals surface area (Å²) in [5.41, 5.74) is 0. The molecule has 1 rings (SSSR count). The van der Waals surface area contributed by atoms with Crippen molar-refractivity contribution in [2.45, 2.75) is 58.3 Å². The average Bonchev–Trinajstić information content (AvgIpc) is 2.98. The molecule has 0 radical (unpaired) electrons. The molecule has 114 valence electrons.